The standard InChI is InChI=1S/C19H17NO5/c1-3-24-16-9-8-12(10-17(16)23-2)20-19(22)18-11-14(21)13-6-4-5-7-15(13)25-18/h4-11H,3H2,1-2H3,(H,20,22). The molecule has 0 saturated heterocycles. The lowest BCUT2D eigenvalue weighted by Gasteiger charge is -2.11. The number of anilines is 1. The molecule has 3 aromatic rings. The lowest BCUT2D eigenvalue weighted by atomic mass is 10.2. The fourth-order valence-electron chi connectivity index (χ4n) is 2.43. The van der Waals surface area contributed by atoms with Gasteiger partial charge in [-0.25, -0.2) is 0 Å². The third-order valence-electron chi connectivity index (χ3n) is 3.58. The Kier molecular flexibility index (Phi) is 4.70. The summed E-state index contributed by atoms with van der Waals surface area (Å²) in [6, 6.07) is 13.0. The van der Waals surface area contributed by atoms with E-state index in [1.807, 2.05) is 6.92 Å². The molecule has 0 saturated carbocycles. The smallest absolute Gasteiger partial charge is 0.291 e. The van der Waals surface area contributed by atoms with Gasteiger partial charge in [-0.2, -0.15) is 0 Å². The third kappa shape index (κ3) is 3.47. The van der Waals surface area contributed by atoms with E-state index < -0.39 is 5.91 Å². The average molecular weight is 339 g/mol. The number of para-hydroxylation sites is 1. The SMILES string of the molecule is CCOc1ccc(NC(=O)c2cc(=O)c3ccccc3o2)cc1OC. The van der Waals surface area contributed by atoms with Crippen molar-refractivity contribution in [3.8, 4) is 11.5 Å². The Hall–Kier alpha value is -3.28. The molecule has 0 unspecified atom stereocenters. The number of rotatable bonds is 5. The Balaban J connectivity index is 1.88. The summed E-state index contributed by atoms with van der Waals surface area (Å²) in [6.45, 7) is 2.38. The molecule has 2 aromatic carbocycles. The highest BCUT2D eigenvalue weighted by Gasteiger charge is 2.14. The van der Waals surface area contributed by atoms with Gasteiger partial charge < -0.3 is 19.2 Å². The van der Waals surface area contributed by atoms with Crippen LogP contribution in [-0.4, -0.2) is 19.6 Å². The molecule has 0 aliphatic heterocycles. The predicted octanol–water partition coefficient (Wildman–Crippen LogP) is 3.45. The first-order chi connectivity index (χ1) is 12.1. The molecule has 0 fully saturated rings. The van der Waals surface area contributed by atoms with E-state index in [0.29, 0.717) is 34.8 Å². The number of carbonyl (C=O) groups is 1. The molecule has 6 heteroatoms. The van der Waals surface area contributed by atoms with Crippen LogP contribution >= 0.6 is 0 Å². The summed E-state index contributed by atoms with van der Waals surface area (Å²) >= 11 is 0. The number of ether oxygens (including phenoxy) is 2. The summed E-state index contributed by atoms with van der Waals surface area (Å²) in [5, 5.41) is 3.12. The van der Waals surface area contributed by atoms with Crippen LogP contribution in [0.25, 0.3) is 11.0 Å². The van der Waals surface area contributed by atoms with Crippen molar-refractivity contribution >= 4 is 22.6 Å². The molecule has 0 aliphatic carbocycles. The molecule has 1 aromatic heterocycles. The van der Waals surface area contributed by atoms with Crippen LogP contribution in [-0.2, 0) is 0 Å². The normalized spacial score (nSPS) is 10.5. The monoisotopic (exact) mass is 339 g/mol. The zero-order chi connectivity index (χ0) is 17.8. The number of amides is 1. The van der Waals surface area contributed by atoms with Gasteiger partial charge >= 0.3 is 0 Å². The molecular weight excluding hydrogens is 322 g/mol. The maximum atomic E-state index is 12.4. The first-order valence-electron chi connectivity index (χ1n) is 7.77. The fourth-order valence-corrected chi connectivity index (χ4v) is 2.43. The summed E-state index contributed by atoms with van der Waals surface area (Å²) < 4.78 is 16.2. The van der Waals surface area contributed by atoms with E-state index >= 15 is 0 Å². The Morgan fingerprint density at radius 1 is 1.12 bits per heavy atom. The van der Waals surface area contributed by atoms with Crippen LogP contribution in [0, 0.1) is 0 Å². The van der Waals surface area contributed by atoms with E-state index in [-0.39, 0.29) is 11.2 Å². The second-order valence-corrected chi connectivity index (χ2v) is 5.22. The Morgan fingerprint density at radius 3 is 2.68 bits per heavy atom. The van der Waals surface area contributed by atoms with Gasteiger partial charge in [0.2, 0.25) is 0 Å². The minimum Gasteiger partial charge on any atom is -0.493 e. The van der Waals surface area contributed by atoms with Crippen molar-refractivity contribution in [2.24, 2.45) is 0 Å². The van der Waals surface area contributed by atoms with Crippen LogP contribution in [0.3, 0.4) is 0 Å². The van der Waals surface area contributed by atoms with Gasteiger partial charge in [0.1, 0.15) is 5.58 Å². The summed E-state index contributed by atoms with van der Waals surface area (Å²) in [4.78, 5) is 24.5. The first kappa shape index (κ1) is 16.6. The Bertz CT molecular complexity index is 977. The summed E-state index contributed by atoms with van der Waals surface area (Å²) in [6.07, 6.45) is 0. The van der Waals surface area contributed by atoms with E-state index in [2.05, 4.69) is 5.32 Å². The predicted molar refractivity (Wildman–Crippen MR) is 94.6 cm³/mol. The molecule has 128 valence electrons. The molecule has 0 radical (unpaired) electrons. The van der Waals surface area contributed by atoms with Gasteiger partial charge in [0, 0.05) is 17.8 Å². The molecule has 0 bridgehead atoms. The van der Waals surface area contributed by atoms with E-state index in [0.717, 1.165) is 0 Å². The molecule has 1 N–H and O–H groups in total. The molecule has 6 nitrogen and oxygen atoms in total. The van der Waals surface area contributed by atoms with Crippen molar-refractivity contribution in [2.45, 2.75) is 6.92 Å². The highest BCUT2D eigenvalue weighted by molar-refractivity contribution is 6.03. The largest absolute Gasteiger partial charge is 0.493 e. The van der Waals surface area contributed by atoms with Crippen LogP contribution in [0.4, 0.5) is 5.69 Å². The molecule has 0 atom stereocenters. The van der Waals surface area contributed by atoms with Crippen molar-refractivity contribution < 1.29 is 18.7 Å². The Morgan fingerprint density at radius 2 is 1.92 bits per heavy atom. The molecular formula is C19H17NO5. The van der Waals surface area contributed by atoms with Crippen molar-refractivity contribution in [1.82, 2.24) is 0 Å². The second kappa shape index (κ2) is 7.09. The van der Waals surface area contributed by atoms with Gasteiger partial charge in [0.25, 0.3) is 5.91 Å². The lowest BCUT2D eigenvalue weighted by Crippen LogP contribution is -2.15. The van der Waals surface area contributed by atoms with E-state index in [9.17, 15) is 9.59 Å². The number of benzene rings is 2. The van der Waals surface area contributed by atoms with Gasteiger partial charge in [-0.05, 0) is 31.2 Å². The zero-order valence-electron chi connectivity index (χ0n) is 13.9. The highest BCUT2D eigenvalue weighted by atomic mass is 16.5. The van der Waals surface area contributed by atoms with Crippen molar-refractivity contribution in [3.05, 3.63) is 64.5 Å². The minimum absolute atomic E-state index is 0.0587. The maximum absolute atomic E-state index is 12.4. The molecule has 0 aliphatic rings. The second-order valence-electron chi connectivity index (χ2n) is 5.22. The highest BCUT2D eigenvalue weighted by Crippen LogP contribution is 2.30. The van der Waals surface area contributed by atoms with Crippen molar-refractivity contribution in [1.29, 1.82) is 0 Å². The number of hydrogen-bond donors (Lipinski definition) is 1. The zero-order valence-corrected chi connectivity index (χ0v) is 13.9. The lowest BCUT2D eigenvalue weighted by molar-refractivity contribution is 0.0997. The van der Waals surface area contributed by atoms with E-state index in [1.165, 1.54) is 13.2 Å². The first-order valence-corrected chi connectivity index (χ1v) is 7.77. The van der Waals surface area contributed by atoms with Crippen LogP contribution in [0.15, 0.2) is 57.7 Å². The van der Waals surface area contributed by atoms with Gasteiger partial charge in [-0.15, -0.1) is 0 Å². The van der Waals surface area contributed by atoms with Crippen LogP contribution in [0.1, 0.15) is 17.5 Å². The third-order valence-corrected chi connectivity index (χ3v) is 3.58. The summed E-state index contributed by atoms with van der Waals surface area (Å²) in [5.41, 5.74) is 0.599. The number of carbonyl (C=O) groups excluding carboxylic acids is 1. The summed E-state index contributed by atoms with van der Waals surface area (Å²) in [5.74, 6) is 0.505. The number of nitrogens with one attached hydrogen (secondary N) is 1. The van der Waals surface area contributed by atoms with Gasteiger partial charge in [-0.3, -0.25) is 9.59 Å². The quantitative estimate of drug-likeness (QED) is 0.770. The number of methoxy groups -OCH3 is 1. The van der Waals surface area contributed by atoms with Gasteiger partial charge in [-0.1, -0.05) is 12.1 Å². The average Bonchev–Trinajstić information content (AvgIpc) is 2.63. The molecule has 3 rings (SSSR count). The molecule has 1 heterocycles. The summed E-state index contributed by atoms with van der Waals surface area (Å²) in [7, 11) is 1.52. The van der Waals surface area contributed by atoms with E-state index in [4.69, 9.17) is 13.9 Å². The van der Waals surface area contributed by atoms with Crippen molar-refractivity contribution in [3.63, 3.8) is 0 Å². The topological polar surface area (TPSA) is 77.8 Å². The van der Waals surface area contributed by atoms with E-state index in [1.54, 1.807) is 42.5 Å². The van der Waals surface area contributed by atoms with Crippen LogP contribution in [0.5, 0.6) is 11.5 Å². The van der Waals surface area contributed by atoms with Gasteiger partial charge in [0.15, 0.2) is 22.7 Å². The Labute approximate surface area is 144 Å². The van der Waals surface area contributed by atoms with Crippen LogP contribution in [0.2, 0.25) is 0 Å². The fraction of sp³-hybridized carbons (Fsp3) is 0.158. The number of fused-ring (bicyclic) bond motifs is 1. The maximum Gasteiger partial charge on any atom is 0.291 e. The molecule has 0 spiro atoms. The minimum atomic E-state index is -0.519. The van der Waals surface area contributed by atoms with Crippen LogP contribution < -0.4 is 20.2 Å². The molecule has 1 amide bonds. The van der Waals surface area contributed by atoms with Gasteiger partial charge in [0.05, 0.1) is 19.1 Å². The van der Waals surface area contributed by atoms with Crippen molar-refractivity contribution in [2.75, 3.05) is 19.0 Å². The molecule has 25 heavy (non-hydrogen) atoms. The number of hydrogen-bond acceptors (Lipinski definition) is 5.